The maximum Gasteiger partial charge on any atom is 0.217 e. The van der Waals surface area contributed by atoms with Gasteiger partial charge in [0.25, 0.3) is 0 Å². The molecule has 1 rings (SSSR count). The SMILES string of the molecule is NC(=O)CC[C@H]1CCCCC1=O. The van der Waals surface area contributed by atoms with Crippen molar-refractivity contribution >= 4 is 11.7 Å². The van der Waals surface area contributed by atoms with Crippen molar-refractivity contribution in [1.82, 2.24) is 0 Å². The van der Waals surface area contributed by atoms with E-state index in [0.29, 0.717) is 25.0 Å². The number of rotatable bonds is 3. The Morgan fingerprint density at radius 3 is 2.83 bits per heavy atom. The Bertz CT molecular complexity index is 189. The highest BCUT2D eigenvalue weighted by Crippen LogP contribution is 2.24. The van der Waals surface area contributed by atoms with Crippen molar-refractivity contribution in [3.63, 3.8) is 0 Å². The van der Waals surface area contributed by atoms with Gasteiger partial charge in [-0.1, -0.05) is 6.42 Å². The van der Waals surface area contributed by atoms with E-state index >= 15 is 0 Å². The van der Waals surface area contributed by atoms with E-state index in [1.807, 2.05) is 0 Å². The zero-order valence-corrected chi connectivity index (χ0v) is 7.21. The van der Waals surface area contributed by atoms with E-state index in [2.05, 4.69) is 0 Å². The highest BCUT2D eigenvalue weighted by molar-refractivity contribution is 5.82. The molecule has 3 nitrogen and oxygen atoms in total. The average molecular weight is 169 g/mol. The summed E-state index contributed by atoms with van der Waals surface area (Å²) in [6, 6.07) is 0. The minimum absolute atomic E-state index is 0.117. The van der Waals surface area contributed by atoms with Crippen LogP contribution in [0, 0.1) is 5.92 Å². The zero-order chi connectivity index (χ0) is 8.97. The van der Waals surface area contributed by atoms with Gasteiger partial charge >= 0.3 is 0 Å². The van der Waals surface area contributed by atoms with Crippen LogP contribution in [0.3, 0.4) is 0 Å². The topological polar surface area (TPSA) is 60.2 Å². The lowest BCUT2D eigenvalue weighted by molar-refractivity contribution is -0.125. The highest BCUT2D eigenvalue weighted by atomic mass is 16.1. The maximum absolute atomic E-state index is 11.3. The first kappa shape index (κ1) is 9.23. The maximum atomic E-state index is 11.3. The molecule has 1 fully saturated rings. The molecular formula is C9H15NO2. The van der Waals surface area contributed by atoms with E-state index in [0.717, 1.165) is 19.3 Å². The molecule has 0 unspecified atom stereocenters. The normalized spacial score (nSPS) is 24.0. The van der Waals surface area contributed by atoms with E-state index < -0.39 is 0 Å². The summed E-state index contributed by atoms with van der Waals surface area (Å²) in [7, 11) is 0. The second-order valence-corrected chi connectivity index (χ2v) is 3.41. The van der Waals surface area contributed by atoms with Crippen molar-refractivity contribution in [2.75, 3.05) is 0 Å². The predicted octanol–water partition coefficient (Wildman–Crippen LogP) is 1.01. The third kappa shape index (κ3) is 2.64. The molecule has 3 heteroatoms. The van der Waals surface area contributed by atoms with E-state index in [-0.39, 0.29) is 11.8 Å². The first-order chi connectivity index (χ1) is 5.70. The molecule has 0 aliphatic heterocycles. The summed E-state index contributed by atoms with van der Waals surface area (Å²) in [5, 5.41) is 0. The van der Waals surface area contributed by atoms with Crippen molar-refractivity contribution in [2.45, 2.75) is 38.5 Å². The third-order valence-electron chi connectivity index (χ3n) is 2.42. The molecule has 0 heterocycles. The Balaban J connectivity index is 2.29. The number of primary amides is 1. The van der Waals surface area contributed by atoms with Crippen molar-refractivity contribution in [1.29, 1.82) is 0 Å². The van der Waals surface area contributed by atoms with E-state index in [4.69, 9.17) is 5.73 Å². The largest absolute Gasteiger partial charge is 0.370 e. The lowest BCUT2D eigenvalue weighted by atomic mass is 9.85. The van der Waals surface area contributed by atoms with Crippen LogP contribution >= 0.6 is 0 Å². The van der Waals surface area contributed by atoms with Gasteiger partial charge in [0.15, 0.2) is 0 Å². The van der Waals surface area contributed by atoms with Crippen molar-refractivity contribution in [2.24, 2.45) is 11.7 Å². The predicted molar refractivity (Wildman–Crippen MR) is 45.4 cm³/mol. The van der Waals surface area contributed by atoms with Gasteiger partial charge < -0.3 is 5.73 Å². The quantitative estimate of drug-likeness (QED) is 0.685. The third-order valence-corrected chi connectivity index (χ3v) is 2.42. The first-order valence-electron chi connectivity index (χ1n) is 4.51. The zero-order valence-electron chi connectivity index (χ0n) is 7.21. The van der Waals surface area contributed by atoms with Crippen LogP contribution in [0.1, 0.15) is 38.5 Å². The fraction of sp³-hybridized carbons (Fsp3) is 0.778. The molecule has 1 aliphatic rings. The van der Waals surface area contributed by atoms with Gasteiger partial charge in [0.05, 0.1) is 0 Å². The van der Waals surface area contributed by atoms with Crippen LogP contribution in [0.25, 0.3) is 0 Å². The van der Waals surface area contributed by atoms with Gasteiger partial charge in [-0.05, 0) is 19.3 Å². The summed E-state index contributed by atoms with van der Waals surface area (Å²) in [6.07, 6.45) is 4.81. The lowest BCUT2D eigenvalue weighted by Crippen LogP contribution is -2.21. The summed E-state index contributed by atoms with van der Waals surface area (Å²) in [5.41, 5.74) is 5.00. The van der Waals surface area contributed by atoms with Crippen LogP contribution in [0.2, 0.25) is 0 Å². The molecular weight excluding hydrogens is 154 g/mol. The molecule has 12 heavy (non-hydrogen) atoms. The fourth-order valence-corrected chi connectivity index (χ4v) is 1.68. The van der Waals surface area contributed by atoms with E-state index in [9.17, 15) is 9.59 Å². The van der Waals surface area contributed by atoms with Gasteiger partial charge in [0.2, 0.25) is 5.91 Å². The Morgan fingerprint density at radius 1 is 1.50 bits per heavy atom. The molecule has 0 aromatic carbocycles. The van der Waals surface area contributed by atoms with Gasteiger partial charge in [-0.2, -0.15) is 0 Å². The van der Waals surface area contributed by atoms with Crippen LogP contribution in [-0.4, -0.2) is 11.7 Å². The molecule has 0 aromatic rings. The number of carbonyl (C=O) groups is 2. The smallest absolute Gasteiger partial charge is 0.217 e. The van der Waals surface area contributed by atoms with Gasteiger partial charge in [-0.3, -0.25) is 9.59 Å². The van der Waals surface area contributed by atoms with Crippen LogP contribution in [0.15, 0.2) is 0 Å². The summed E-state index contributed by atoms with van der Waals surface area (Å²) in [5.74, 6) is 0.141. The van der Waals surface area contributed by atoms with Gasteiger partial charge in [-0.15, -0.1) is 0 Å². The van der Waals surface area contributed by atoms with Crippen molar-refractivity contribution in [3.05, 3.63) is 0 Å². The number of hydrogen-bond acceptors (Lipinski definition) is 2. The average Bonchev–Trinajstić information content (AvgIpc) is 2.03. The summed E-state index contributed by atoms with van der Waals surface area (Å²) < 4.78 is 0. The Kier molecular flexibility index (Phi) is 3.26. The fourth-order valence-electron chi connectivity index (χ4n) is 1.68. The van der Waals surface area contributed by atoms with Crippen molar-refractivity contribution < 1.29 is 9.59 Å². The number of ketones is 1. The monoisotopic (exact) mass is 169 g/mol. The van der Waals surface area contributed by atoms with Crippen LogP contribution in [0.4, 0.5) is 0 Å². The van der Waals surface area contributed by atoms with Crippen LogP contribution < -0.4 is 5.73 Å². The standard InChI is InChI=1S/C9H15NO2/c10-9(12)6-5-7-3-1-2-4-8(7)11/h7H,1-6H2,(H2,10,12)/t7-/m1/s1. The molecule has 0 radical (unpaired) electrons. The Labute approximate surface area is 72.3 Å². The lowest BCUT2D eigenvalue weighted by Gasteiger charge is -2.19. The van der Waals surface area contributed by atoms with Gasteiger partial charge in [-0.25, -0.2) is 0 Å². The molecule has 1 amide bonds. The number of carbonyl (C=O) groups excluding carboxylic acids is 2. The molecule has 0 aromatic heterocycles. The molecule has 1 saturated carbocycles. The van der Waals surface area contributed by atoms with Gasteiger partial charge in [0.1, 0.15) is 5.78 Å². The summed E-state index contributed by atoms with van der Waals surface area (Å²) in [6.45, 7) is 0. The second kappa shape index (κ2) is 4.24. The second-order valence-electron chi connectivity index (χ2n) is 3.41. The van der Waals surface area contributed by atoms with Gasteiger partial charge in [0, 0.05) is 18.8 Å². The van der Waals surface area contributed by atoms with E-state index in [1.165, 1.54) is 0 Å². The first-order valence-corrected chi connectivity index (χ1v) is 4.51. The summed E-state index contributed by atoms with van der Waals surface area (Å²) >= 11 is 0. The minimum atomic E-state index is -0.298. The minimum Gasteiger partial charge on any atom is -0.370 e. The van der Waals surface area contributed by atoms with Crippen LogP contribution in [0.5, 0.6) is 0 Å². The van der Waals surface area contributed by atoms with E-state index in [1.54, 1.807) is 0 Å². The number of amides is 1. The molecule has 68 valence electrons. The molecule has 0 bridgehead atoms. The summed E-state index contributed by atoms with van der Waals surface area (Å²) in [4.78, 5) is 21.7. The highest BCUT2D eigenvalue weighted by Gasteiger charge is 2.21. The Morgan fingerprint density at radius 2 is 2.25 bits per heavy atom. The molecule has 0 spiro atoms. The molecule has 1 atom stereocenters. The molecule has 2 N–H and O–H groups in total. The number of nitrogens with two attached hydrogens (primary N) is 1. The number of hydrogen-bond donors (Lipinski definition) is 1. The van der Waals surface area contributed by atoms with Crippen LogP contribution in [-0.2, 0) is 9.59 Å². The molecule has 0 saturated heterocycles. The number of Topliss-reactive ketones (excluding diaryl/α,β-unsaturated/α-hetero) is 1. The molecule has 1 aliphatic carbocycles. The van der Waals surface area contributed by atoms with Crippen molar-refractivity contribution in [3.8, 4) is 0 Å². The Hall–Kier alpha value is -0.860.